The molecule has 6 heteroatoms. The average molecular weight is 406 g/mol. The molecule has 0 amide bonds. The molecule has 0 atom stereocenters. The molecular weight excluding hydrogens is 375 g/mol. The molecule has 0 aliphatic rings. The summed E-state index contributed by atoms with van der Waals surface area (Å²) in [5.41, 5.74) is 5.17. The van der Waals surface area contributed by atoms with Gasteiger partial charge in [0.25, 0.3) is 0 Å². The van der Waals surface area contributed by atoms with Crippen LogP contribution < -0.4 is 15.9 Å². The maximum atomic E-state index is 5.17. The van der Waals surface area contributed by atoms with Crippen molar-refractivity contribution < 1.29 is 0 Å². The molecule has 0 saturated heterocycles. The van der Waals surface area contributed by atoms with Gasteiger partial charge in [-0.05, 0) is 12.5 Å². The Balaban J connectivity index is 0. The van der Waals surface area contributed by atoms with Crippen LogP contribution in [0, 0.1) is 17.8 Å². The SMILES string of the molecule is CC(C)CN.CC(C)CNP([Se])(=[Se])NCC(C)C. The van der Waals surface area contributed by atoms with E-state index in [-0.39, 0.29) is 0 Å². The summed E-state index contributed by atoms with van der Waals surface area (Å²) in [6.07, 6.45) is 0. The van der Waals surface area contributed by atoms with Crippen molar-refractivity contribution in [1.29, 1.82) is 0 Å². The molecule has 1 radical (unpaired) electrons. The predicted octanol–water partition coefficient (Wildman–Crippen LogP) is 2.09. The molecule has 0 fully saturated rings. The fraction of sp³-hybridized carbons (Fsp3) is 1.00. The number of nitrogens with two attached hydrogens (primary N) is 1. The summed E-state index contributed by atoms with van der Waals surface area (Å²) in [7, 11) is 0. The van der Waals surface area contributed by atoms with E-state index in [1.54, 1.807) is 0 Å². The molecule has 4 N–H and O–H groups in total. The molecule has 18 heavy (non-hydrogen) atoms. The van der Waals surface area contributed by atoms with Gasteiger partial charge in [0.1, 0.15) is 0 Å². The van der Waals surface area contributed by atoms with Gasteiger partial charge in [-0.25, -0.2) is 0 Å². The summed E-state index contributed by atoms with van der Waals surface area (Å²) < 4.78 is -1.30. The molecule has 3 nitrogen and oxygen atoms in total. The Bertz CT molecular complexity index is 217. The van der Waals surface area contributed by atoms with E-state index < -0.39 is 4.50 Å². The predicted molar refractivity (Wildman–Crippen MR) is 88.0 cm³/mol. The molecular formula is C12H31N3PSe2. The second-order valence-corrected chi connectivity index (χ2v) is 17.8. The molecule has 0 aromatic carbocycles. The summed E-state index contributed by atoms with van der Waals surface area (Å²) in [4.78, 5) is 0. The van der Waals surface area contributed by atoms with Crippen molar-refractivity contribution in [3.63, 3.8) is 0 Å². The minimum absolute atomic E-state index is 0.662. The Morgan fingerprint density at radius 2 is 1.17 bits per heavy atom. The zero-order valence-electron chi connectivity index (χ0n) is 12.7. The summed E-state index contributed by atoms with van der Waals surface area (Å²) >= 11 is 6.40. The van der Waals surface area contributed by atoms with Gasteiger partial charge in [0.2, 0.25) is 0 Å². The molecule has 0 aromatic heterocycles. The van der Waals surface area contributed by atoms with Crippen LogP contribution in [0.2, 0.25) is 0 Å². The Kier molecular flexibility index (Phi) is 14.6. The van der Waals surface area contributed by atoms with Gasteiger partial charge in [-0.1, -0.05) is 13.8 Å². The second kappa shape index (κ2) is 12.1. The summed E-state index contributed by atoms with van der Waals surface area (Å²) in [6.45, 7) is 16.0. The fourth-order valence-corrected chi connectivity index (χ4v) is 3.86. The molecule has 0 bridgehead atoms. The third-order valence-corrected chi connectivity index (χ3v) is 6.33. The van der Waals surface area contributed by atoms with Crippen LogP contribution in [0.15, 0.2) is 0 Å². The van der Waals surface area contributed by atoms with Crippen molar-refractivity contribution in [1.82, 2.24) is 10.2 Å². The Hall–Kier alpha value is 1.35. The van der Waals surface area contributed by atoms with Gasteiger partial charge < -0.3 is 5.73 Å². The van der Waals surface area contributed by atoms with E-state index in [0.717, 1.165) is 19.6 Å². The van der Waals surface area contributed by atoms with Gasteiger partial charge in [-0.2, -0.15) is 0 Å². The monoisotopic (exact) mass is 408 g/mol. The number of rotatable bonds is 7. The van der Waals surface area contributed by atoms with Crippen LogP contribution in [0.5, 0.6) is 0 Å². The van der Waals surface area contributed by atoms with Crippen LogP contribution in [0.4, 0.5) is 0 Å². The standard InChI is InChI=1S/C8H20N2PSe2.C4H11N/c1-7(2)5-9-11(12,13)10-6-8(3)4;1-4(2)3-5/h7-8H,5-6H2,1-4H3,(H2,9,10,12);4H,3,5H2,1-2H3. The van der Waals surface area contributed by atoms with Gasteiger partial charge in [0.05, 0.1) is 0 Å². The maximum absolute atomic E-state index is 5.17. The van der Waals surface area contributed by atoms with Gasteiger partial charge in [-0.3, -0.25) is 0 Å². The van der Waals surface area contributed by atoms with Gasteiger partial charge in [0.15, 0.2) is 0 Å². The van der Waals surface area contributed by atoms with Crippen LogP contribution in [-0.4, -0.2) is 50.3 Å². The van der Waals surface area contributed by atoms with E-state index >= 15 is 0 Å². The van der Waals surface area contributed by atoms with E-state index in [1.807, 2.05) is 0 Å². The summed E-state index contributed by atoms with van der Waals surface area (Å²) in [6, 6.07) is 0. The number of nitrogens with one attached hydrogen (secondary N) is 2. The van der Waals surface area contributed by atoms with Crippen molar-refractivity contribution in [3.05, 3.63) is 0 Å². The van der Waals surface area contributed by atoms with E-state index in [1.165, 1.54) is 0 Å². The first kappa shape index (κ1) is 21.6. The Morgan fingerprint density at radius 1 is 0.889 bits per heavy atom. The quantitative estimate of drug-likeness (QED) is 0.449. The first-order chi connectivity index (χ1) is 8.10. The first-order valence-electron chi connectivity index (χ1n) is 6.62. The fourth-order valence-electron chi connectivity index (χ4n) is 0.661. The Morgan fingerprint density at radius 3 is 1.33 bits per heavy atom. The molecule has 0 rings (SSSR count). The Labute approximate surface area is 130 Å². The van der Waals surface area contributed by atoms with E-state index in [0.29, 0.717) is 17.8 Å². The molecule has 111 valence electrons. The topological polar surface area (TPSA) is 50.1 Å². The number of hydrogen-bond donors (Lipinski definition) is 3. The molecule has 0 heterocycles. The van der Waals surface area contributed by atoms with Crippen molar-refractivity contribution in [3.8, 4) is 0 Å². The van der Waals surface area contributed by atoms with Gasteiger partial charge in [-0.15, -0.1) is 0 Å². The van der Waals surface area contributed by atoms with Crippen LogP contribution in [0.3, 0.4) is 0 Å². The zero-order chi connectivity index (χ0) is 14.8. The van der Waals surface area contributed by atoms with Crippen LogP contribution in [0.25, 0.3) is 0 Å². The molecule has 0 aromatic rings. The summed E-state index contributed by atoms with van der Waals surface area (Å²) in [5.74, 6) is 2.05. The second-order valence-electron chi connectivity index (χ2n) is 5.69. The van der Waals surface area contributed by atoms with Crippen LogP contribution in [0.1, 0.15) is 41.5 Å². The van der Waals surface area contributed by atoms with Crippen molar-refractivity contribution in [2.24, 2.45) is 23.5 Å². The molecule has 0 aliphatic carbocycles. The average Bonchev–Trinajstić information content (AvgIpc) is 2.25. The van der Waals surface area contributed by atoms with E-state index in [2.05, 4.69) is 82.4 Å². The first-order valence-corrected chi connectivity index (χ1v) is 12.8. The van der Waals surface area contributed by atoms with Crippen molar-refractivity contribution in [2.75, 3.05) is 19.6 Å². The summed E-state index contributed by atoms with van der Waals surface area (Å²) in [5, 5.41) is 7.01. The van der Waals surface area contributed by atoms with Crippen LogP contribution in [-0.2, 0) is 0 Å². The third-order valence-electron chi connectivity index (χ3n) is 1.89. The van der Waals surface area contributed by atoms with E-state index in [4.69, 9.17) is 5.73 Å². The third kappa shape index (κ3) is 19.7. The van der Waals surface area contributed by atoms with Gasteiger partial charge in [0, 0.05) is 0 Å². The molecule has 0 saturated carbocycles. The van der Waals surface area contributed by atoms with Crippen molar-refractivity contribution >= 4 is 35.2 Å². The van der Waals surface area contributed by atoms with Crippen molar-refractivity contribution in [2.45, 2.75) is 41.5 Å². The molecule has 0 aliphatic heterocycles. The minimum atomic E-state index is -1.30. The van der Waals surface area contributed by atoms with Gasteiger partial charge >= 0.3 is 98.0 Å². The van der Waals surface area contributed by atoms with Crippen LogP contribution >= 0.6 is 4.50 Å². The zero-order valence-corrected chi connectivity index (χ0v) is 17.0. The number of hydrogen-bond acceptors (Lipinski definition) is 3. The molecule has 0 spiro atoms. The molecule has 0 unspecified atom stereocenters. The van der Waals surface area contributed by atoms with E-state index in [9.17, 15) is 0 Å². The normalized spacial score (nSPS) is 11.9.